The van der Waals surface area contributed by atoms with E-state index in [4.69, 9.17) is 19.9 Å². The maximum atomic E-state index is 15.9. The third kappa shape index (κ3) is 8.31. The van der Waals surface area contributed by atoms with Crippen molar-refractivity contribution >= 4 is 21.8 Å². The molecule has 338 valence electrons. The van der Waals surface area contributed by atoms with Gasteiger partial charge in [0, 0.05) is 44.2 Å². The number of alkyl halides is 3. The molecule has 0 amide bonds. The van der Waals surface area contributed by atoms with Gasteiger partial charge in [-0.15, -0.1) is 0 Å². The lowest BCUT2D eigenvalue weighted by molar-refractivity contribution is -0.137. The van der Waals surface area contributed by atoms with Crippen LogP contribution >= 0.6 is 0 Å². The quantitative estimate of drug-likeness (QED) is 0.145. The van der Waals surface area contributed by atoms with Crippen LogP contribution in [0.15, 0.2) is 243 Å². The monoisotopic (exact) mass is 923 g/mol. The van der Waals surface area contributed by atoms with Crippen LogP contribution in [0.25, 0.3) is 118 Å². The van der Waals surface area contributed by atoms with Crippen molar-refractivity contribution in [3.05, 3.63) is 248 Å². The number of aromatic nitrogens is 5. The van der Waals surface area contributed by atoms with Crippen molar-refractivity contribution in [2.24, 2.45) is 0 Å². The van der Waals surface area contributed by atoms with Crippen LogP contribution in [0.4, 0.5) is 13.2 Å². The van der Waals surface area contributed by atoms with E-state index in [0.29, 0.717) is 28.5 Å². The third-order valence-corrected chi connectivity index (χ3v) is 12.9. The minimum absolute atomic E-state index is 0.104. The highest BCUT2D eigenvalue weighted by Crippen LogP contribution is 2.46. The van der Waals surface area contributed by atoms with Gasteiger partial charge in [0.05, 0.1) is 45.1 Å². The van der Waals surface area contributed by atoms with E-state index >= 15 is 13.2 Å². The van der Waals surface area contributed by atoms with Crippen molar-refractivity contribution in [2.75, 3.05) is 0 Å². The van der Waals surface area contributed by atoms with Crippen LogP contribution in [0.2, 0.25) is 0 Å². The van der Waals surface area contributed by atoms with Crippen molar-refractivity contribution in [3.63, 3.8) is 0 Å². The normalized spacial score (nSPS) is 11.6. The molecule has 9 aromatic carbocycles. The highest BCUT2D eigenvalue weighted by molar-refractivity contribution is 6.13. The molecule has 0 atom stereocenters. The molecule has 0 spiro atoms. The fraction of sp³-hybridized carbons (Fsp3) is 0.0159. The molecule has 0 saturated carbocycles. The second-order valence-corrected chi connectivity index (χ2v) is 17.3. The summed E-state index contributed by atoms with van der Waals surface area (Å²) < 4.78 is 49.6. The number of fused-ring (bicyclic) bond motifs is 3. The van der Waals surface area contributed by atoms with Crippen LogP contribution in [0, 0.1) is 0 Å². The lowest BCUT2D eigenvalue weighted by Gasteiger charge is -2.21. The Hall–Kier alpha value is -9.27. The van der Waals surface area contributed by atoms with Gasteiger partial charge in [-0.2, -0.15) is 13.2 Å². The highest BCUT2D eigenvalue weighted by atomic mass is 19.4. The maximum Gasteiger partial charge on any atom is 0.416 e. The molecular formula is C63H40F3N5. The van der Waals surface area contributed by atoms with Gasteiger partial charge < -0.3 is 4.57 Å². The number of nitrogens with zero attached hydrogens (tertiary/aromatic N) is 5. The Labute approximate surface area is 407 Å². The summed E-state index contributed by atoms with van der Waals surface area (Å²) in [7, 11) is 0. The van der Waals surface area contributed by atoms with Gasteiger partial charge in [-0.25, -0.2) is 19.9 Å². The standard InChI is InChI=1S/C63H40F3N5/c64-63(65,66)49-37-52(61-67-54(43-23-11-3-12-24-43)39-55(68-61)44-25-13-4-14-26-44)60(53(38-49)62-69-56(45-27-15-5-16-28-45)40-57(70-62)46-29-17-6-18-30-46)71-58-33-31-47(41-19-7-1-8-20-41)35-50(58)51-36-48(32-34-59(51)71)42-21-9-2-10-22-42/h1-40H. The summed E-state index contributed by atoms with van der Waals surface area (Å²) in [6, 6.07) is 77.6. The van der Waals surface area contributed by atoms with Crippen LogP contribution in [-0.2, 0) is 6.18 Å². The first kappa shape index (κ1) is 43.0. The second kappa shape index (κ2) is 18.0. The van der Waals surface area contributed by atoms with E-state index < -0.39 is 11.7 Å². The zero-order valence-corrected chi connectivity index (χ0v) is 38.0. The number of benzene rings is 9. The molecule has 3 aromatic heterocycles. The average Bonchev–Trinajstić information content (AvgIpc) is 3.76. The van der Waals surface area contributed by atoms with E-state index in [0.717, 1.165) is 66.3 Å². The fourth-order valence-corrected chi connectivity index (χ4v) is 9.43. The summed E-state index contributed by atoms with van der Waals surface area (Å²) in [5.74, 6) is 0.207. The van der Waals surface area contributed by atoms with Crippen molar-refractivity contribution < 1.29 is 13.2 Å². The number of rotatable bonds is 9. The molecule has 0 bridgehead atoms. The predicted molar refractivity (Wildman–Crippen MR) is 280 cm³/mol. The molecule has 0 aliphatic carbocycles. The summed E-state index contributed by atoms with van der Waals surface area (Å²) >= 11 is 0. The van der Waals surface area contributed by atoms with Gasteiger partial charge in [0.15, 0.2) is 11.6 Å². The van der Waals surface area contributed by atoms with Gasteiger partial charge in [-0.1, -0.05) is 194 Å². The molecule has 0 unspecified atom stereocenters. The SMILES string of the molecule is FC(F)(F)c1cc(-c2nc(-c3ccccc3)cc(-c3ccccc3)n2)c(-n2c3ccc(-c4ccccc4)cc3c3cc(-c4ccccc4)ccc32)c(-c2nc(-c3ccccc3)cc(-c3ccccc3)n2)c1. The first-order chi connectivity index (χ1) is 34.8. The molecule has 0 radical (unpaired) electrons. The highest BCUT2D eigenvalue weighted by Gasteiger charge is 2.35. The van der Waals surface area contributed by atoms with E-state index in [1.807, 2.05) is 170 Å². The smallest absolute Gasteiger partial charge is 0.308 e. The van der Waals surface area contributed by atoms with Crippen LogP contribution in [0.5, 0.6) is 0 Å². The van der Waals surface area contributed by atoms with Gasteiger partial charge in [0.2, 0.25) is 0 Å². The van der Waals surface area contributed by atoms with Crippen molar-refractivity contribution in [1.29, 1.82) is 0 Å². The summed E-state index contributed by atoms with van der Waals surface area (Å²) in [5.41, 5.74) is 10.7. The topological polar surface area (TPSA) is 56.5 Å². The molecule has 3 heterocycles. The number of halogens is 3. The van der Waals surface area contributed by atoms with Gasteiger partial charge in [-0.3, -0.25) is 0 Å². The van der Waals surface area contributed by atoms with Crippen LogP contribution in [0.3, 0.4) is 0 Å². The van der Waals surface area contributed by atoms with Crippen molar-refractivity contribution in [1.82, 2.24) is 24.5 Å². The Morgan fingerprint density at radius 3 is 0.887 bits per heavy atom. The van der Waals surface area contributed by atoms with Gasteiger partial charge in [0.25, 0.3) is 0 Å². The van der Waals surface area contributed by atoms with E-state index in [2.05, 4.69) is 65.2 Å². The fourth-order valence-electron chi connectivity index (χ4n) is 9.43. The lowest BCUT2D eigenvalue weighted by atomic mass is 9.98. The lowest BCUT2D eigenvalue weighted by Crippen LogP contribution is -2.11. The Balaban J connectivity index is 1.25. The molecule has 0 N–H and O–H groups in total. The largest absolute Gasteiger partial charge is 0.416 e. The maximum absolute atomic E-state index is 15.9. The minimum Gasteiger partial charge on any atom is -0.308 e. The molecule has 8 heteroatoms. The molecule has 0 saturated heterocycles. The van der Waals surface area contributed by atoms with Crippen molar-refractivity contribution in [2.45, 2.75) is 6.18 Å². The molecule has 0 fully saturated rings. The Morgan fingerprint density at radius 2 is 0.592 bits per heavy atom. The molecule has 0 aliphatic rings. The molecule has 71 heavy (non-hydrogen) atoms. The van der Waals surface area contributed by atoms with Crippen LogP contribution in [-0.4, -0.2) is 24.5 Å². The molecule has 5 nitrogen and oxygen atoms in total. The number of hydrogen-bond acceptors (Lipinski definition) is 4. The summed E-state index contributed by atoms with van der Waals surface area (Å²) in [5, 5.41) is 1.81. The Kier molecular flexibility index (Phi) is 10.9. The second-order valence-electron chi connectivity index (χ2n) is 17.3. The van der Waals surface area contributed by atoms with Crippen LogP contribution in [0.1, 0.15) is 5.56 Å². The van der Waals surface area contributed by atoms with E-state index in [-0.39, 0.29) is 22.8 Å². The third-order valence-electron chi connectivity index (χ3n) is 12.9. The zero-order valence-electron chi connectivity index (χ0n) is 38.0. The molecule has 0 aliphatic heterocycles. The predicted octanol–water partition coefficient (Wildman–Crippen LogP) is 16.7. The van der Waals surface area contributed by atoms with Gasteiger partial charge >= 0.3 is 6.18 Å². The van der Waals surface area contributed by atoms with E-state index in [1.165, 1.54) is 12.1 Å². The summed E-state index contributed by atoms with van der Waals surface area (Å²) in [4.78, 5) is 20.8. The van der Waals surface area contributed by atoms with Crippen LogP contribution < -0.4 is 0 Å². The molecule has 12 aromatic rings. The molecule has 12 rings (SSSR count). The van der Waals surface area contributed by atoms with Gasteiger partial charge in [0.1, 0.15) is 0 Å². The summed E-state index contributed by atoms with van der Waals surface area (Å²) in [6.45, 7) is 0. The Bertz CT molecular complexity index is 3520. The first-order valence-corrected chi connectivity index (χ1v) is 23.3. The zero-order chi connectivity index (χ0) is 47.9. The average molecular weight is 924 g/mol. The van der Waals surface area contributed by atoms with Crippen molar-refractivity contribution in [3.8, 4) is 95.7 Å². The number of hydrogen-bond donors (Lipinski definition) is 0. The van der Waals surface area contributed by atoms with Gasteiger partial charge in [-0.05, 0) is 70.8 Å². The molecular weight excluding hydrogens is 884 g/mol. The van der Waals surface area contributed by atoms with E-state index in [9.17, 15) is 0 Å². The minimum atomic E-state index is -4.80. The first-order valence-electron chi connectivity index (χ1n) is 23.3. The van der Waals surface area contributed by atoms with E-state index in [1.54, 1.807) is 0 Å². The summed E-state index contributed by atoms with van der Waals surface area (Å²) in [6.07, 6.45) is -4.80. The Morgan fingerprint density at radius 1 is 0.296 bits per heavy atom.